The highest BCUT2D eigenvalue weighted by atomic mass is 16.5. The molecule has 0 aromatic carbocycles. The Bertz CT molecular complexity index is 327. The van der Waals surface area contributed by atoms with Crippen molar-refractivity contribution >= 4 is 5.97 Å². The zero-order valence-corrected chi connectivity index (χ0v) is 8.47. The van der Waals surface area contributed by atoms with Crippen LogP contribution in [0.4, 0.5) is 0 Å². The molecule has 5 nitrogen and oxygen atoms in total. The van der Waals surface area contributed by atoms with Gasteiger partial charge in [0.15, 0.2) is 5.69 Å². The first kappa shape index (κ1) is 11.6. The van der Waals surface area contributed by atoms with Crippen LogP contribution < -0.4 is 0 Å². The molecule has 5 heteroatoms. The maximum atomic E-state index is 10.8. The largest absolute Gasteiger partial charge is 0.477 e. The molecule has 0 radical (unpaired) electrons. The fraction of sp³-hybridized carbons (Fsp3) is 0.400. The highest BCUT2D eigenvalue weighted by Gasteiger charge is 2.10. The summed E-state index contributed by atoms with van der Waals surface area (Å²) in [4.78, 5) is 14.5. The summed E-state index contributed by atoms with van der Waals surface area (Å²) in [7, 11) is 1.58. The van der Waals surface area contributed by atoms with E-state index in [1.165, 1.54) is 6.20 Å². The third kappa shape index (κ3) is 3.65. The molecule has 82 valence electrons. The first-order chi connectivity index (χ1) is 7.25. The van der Waals surface area contributed by atoms with Crippen molar-refractivity contribution in [2.45, 2.75) is 6.61 Å². The Morgan fingerprint density at radius 1 is 1.53 bits per heavy atom. The summed E-state index contributed by atoms with van der Waals surface area (Å²) in [5, 5.41) is 8.83. The van der Waals surface area contributed by atoms with Crippen molar-refractivity contribution in [3.05, 3.63) is 29.6 Å². The van der Waals surface area contributed by atoms with E-state index in [4.69, 9.17) is 14.6 Å². The first-order valence-corrected chi connectivity index (χ1v) is 4.49. The number of ether oxygens (including phenoxy) is 2. The molecule has 0 saturated heterocycles. The number of pyridine rings is 1. The number of carboxylic acid groups (broad SMARTS) is 1. The Morgan fingerprint density at radius 2 is 2.33 bits per heavy atom. The van der Waals surface area contributed by atoms with Crippen LogP contribution >= 0.6 is 0 Å². The quantitative estimate of drug-likeness (QED) is 0.709. The highest BCUT2D eigenvalue weighted by molar-refractivity contribution is 5.86. The number of hydrogen-bond acceptors (Lipinski definition) is 4. The maximum absolute atomic E-state index is 10.8. The van der Waals surface area contributed by atoms with E-state index in [0.29, 0.717) is 18.8 Å². The number of carboxylic acids is 1. The summed E-state index contributed by atoms with van der Waals surface area (Å²) in [5.41, 5.74) is 0.607. The van der Waals surface area contributed by atoms with Crippen LogP contribution in [0.2, 0.25) is 0 Å². The smallest absolute Gasteiger partial charge is 0.354 e. The van der Waals surface area contributed by atoms with Crippen LogP contribution in [-0.4, -0.2) is 36.4 Å². The van der Waals surface area contributed by atoms with Crippen LogP contribution in [0.25, 0.3) is 0 Å². The van der Waals surface area contributed by atoms with Gasteiger partial charge in [0, 0.05) is 18.9 Å². The van der Waals surface area contributed by atoms with Crippen LogP contribution in [0, 0.1) is 0 Å². The van der Waals surface area contributed by atoms with E-state index in [1.807, 2.05) is 0 Å². The molecule has 0 saturated carbocycles. The summed E-state index contributed by atoms with van der Waals surface area (Å²) in [6.45, 7) is 1.16. The number of hydrogen-bond donors (Lipinski definition) is 1. The van der Waals surface area contributed by atoms with Gasteiger partial charge in [0.2, 0.25) is 0 Å². The van der Waals surface area contributed by atoms with Crippen LogP contribution in [0.1, 0.15) is 16.1 Å². The summed E-state index contributed by atoms with van der Waals surface area (Å²) in [6.07, 6.45) is 1.45. The molecule has 0 atom stereocenters. The lowest BCUT2D eigenvalue weighted by atomic mass is 10.2. The van der Waals surface area contributed by atoms with Crippen molar-refractivity contribution < 1.29 is 19.4 Å². The molecule has 1 N–H and O–H groups in total. The van der Waals surface area contributed by atoms with Gasteiger partial charge in [-0.2, -0.15) is 0 Å². The summed E-state index contributed by atoms with van der Waals surface area (Å²) in [5.74, 6) is -1.04. The van der Waals surface area contributed by atoms with Crippen molar-refractivity contribution in [2.24, 2.45) is 0 Å². The molecule has 1 rings (SSSR count). The van der Waals surface area contributed by atoms with Gasteiger partial charge in [-0.15, -0.1) is 0 Å². The maximum Gasteiger partial charge on any atom is 0.354 e. The van der Waals surface area contributed by atoms with Crippen molar-refractivity contribution in [1.29, 1.82) is 0 Å². The molecule has 15 heavy (non-hydrogen) atoms. The Hall–Kier alpha value is -1.46. The molecular weight excluding hydrogens is 198 g/mol. The predicted octanol–water partition coefficient (Wildman–Crippen LogP) is 0.943. The molecule has 0 spiro atoms. The van der Waals surface area contributed by atoms with E-state index in [1.54, 1.807) is 19.2 Å². The highest BCUT2D eigenvalue weighted by Crippen LogP contribution is 2.06. The van der Waals surface area contributed by atoms with Crippen LogP contribution in [0.3, 0.4) is 0 Å². The molecule has 0 unspecified atom stereocenters. The lowest BCUT2D eigenvalue weighted by Crippen LogP contribution is -2.08. The summed E-state index contributed by atoms with van der Waals surface area (Å²) >= 11 is 0. The number of aromatic carboxylic acids is 1. The number of rotatable bonds is 6. The minimum atomic E-state index is -1.04. The van der Waals surface area contributed by atoms with Gasteiger partial charge < -0.3 is 14.6 Å². The van der Waals surface area contributed by atoms with Gasteiger partial charge in [0.05, 0.1) is 19.8 Å². The number of methoxy groups -OCH3 is 1. The van der Waals surface area contributed by atoms with Gasteiger partial charge >= 0.3 is 5.97 Å². The number of nitrogens with zero attached hydrogens (tertiary/aromatic N) is 1. The second-order valence-electron chi connectivity index (χ2n) is 2.86. The molecule has 0 aliphatic heterocycles. The molecule has 1 heterocycles. The molecule has 1 aromatic rings. The molecule has 0 aliphatic carbocycles. The summed E-state index contributed by atoms with van der Waals surface area (Å²) < 4.78 is 10.0. The van der Waals surface area contributed by atoms with Gasteiger partial charge in [0.1, 0.15) is 0 Å². The van der Waals surface area contributed by atoms with E-state index in [-0.39, 0.29) is 12.3 Å². The SMILES string of the molecule is COCCOCc1cccnc1C(=O)O. The van der Waals surface area contributed by atoms with Crippen LogP contribution in [0.15, 0.2) is 18.3 Å². The Labute approximate surface area is 87.7 Å². The zero-order valence-electron chi connectivity index (χ0n) is 8.47. The second kappa shape index (κ2) is 6.10. The van der Waals surface area contributed by atoms with Gasteiger partial charge in [-0.1, -0.05) is 6.07 Å². The molecular formula is C10H13NO4. The topological polar surface area (TPSA) is 68.7 Å². The first-order valence-electron chi connectivity index (χ1n) is 4.49. The molecule has 0 bridgehead atoms. The third-order valence-electron chi connectivity index (χ3n) is 1.78. The van der Waals surface area contributed by atoms with E-state index < -0.39 is 5.97 Å². The monoisotopic (exact) mass is 211 g/mol. The summed E-state index contributed by atoms with van der Waals surface area (Å²) in [6, 6.07) is 3.37. The van der Waals surface area contributed by atoms with E-state index >= 15 is 0 Å². The van der Waals surface area contributed by atoms with Gasteiger partial charge in [-0.25, -0.2) is 9.78 Å². The Balaban J connectivity index is 2.56. The Kier molecular flexibility index (Phi) is 4.73. The van der Waals surface area contributed by atoms with Gasteiger partial charge in [0.25, 0.3) is 0 Å². The predicted molar refractivity (Wildman–Crippen MR) is 52.7 cm³/mol. The minimum absolute atomic E-state index is 0.0370. The molecule has 0 fully saturated rings. The zero-order chi connectivity index (χ0) is 11.1. The molecule has 0 aliphatic rings. The van der Waals surface area contributed by atoms with E-state index in [0.717, 1.165) is 0 Å². The van der Waals surface area contributed by atoms with Gasteiger partial charge in [-0.3, -0.25) is 0 Å². The standard InChI is InChI=1S/C10H13NO4/c1-14-5-6-15-7-8-3-2-4-11-9(8)10(12)13/h2-4H,5-7H2,1H3,(H,12,13). The lowest BCUT2D eigenvalue weighted by molar-refractivity contribution is 0.0585. The van der Waals surface area contributed by atoms with Gasteiger partial charge in [-0.05, 0) is 6.07 Å². The van der Waals surface area contributed by atoms with Crippen molar-refractivity contribution in [3.8, 4) is 0 Å². The Morgan fingerprint density at radius 3 is 3.00 bits per heavy atom. The van der Waals surface area contributed by atoms with Crippen molar-refractivity contribution in [2.75, 3.05) is 20.3 Å². The average Bonchev–Trinajstić information content (AvgIpc) is 2.25. The number of carbonyl (C=O) groups is 1. The van der Waals surface area contributed by atoms with E-state index in [9.17, 15) is 4.79 Å². The van der Waals surface area contributed by atoms with Crippen LogP contribution in [-0.2, 0) is 16.1 Å². The second-order valence-corrected chi connectivity index (χ2v) is 2.86. The fourth-order valence-corrected chi connectivity index (χ4v) is 1.07. The minimum Gasteiger partial charge on any atom is -0.477 e. The van der Waals surface area contributed by atoms with E-state index in [2.05, 4.69) is 4.98 Å². The third-order valence-corrected chi connectivity index (χ3v) is 1.78. The lowest BCUT2D eigenvalue weighted by Gasteiger charge is -2.05. The van der Waals surface area contributed by atoms with Crippen molar-refractivity contribution in [3.63, 3.8) is 0 Å². The molecule has 0 amide bonds. The average molecular weight is 211 g/mol. The molecule has 1 aromatic heterocycles. The van der Waals surface area contributed by atoms with Crippen molar-refractivity contribution in [1.82, 2.24) is 4.98 Å². The normalized spacial score (nSPS) is 10.2. The fourth-order valence-electron chi connectivity index (χ4n) is 1.07. The number of aromatic nitrogens is 1. The van der Waals surface area contributed by atoms with Crippen LogP contribution in [0.5, 0.6) is 0 Å².